The van der Waals surface area contributed by atoms with E-state index in [4.69, 9.17) is 16.3 Å². The number of aromatic nitrogens is 1. The molecule has 0 saturated carbocycles. The standard InChI is InChI=1S/C12H15ClN4O4/c1-14-6-9-7-16(2-3-21-9)12(18)10-4-8(17(19)20)5-15-11(10)13/h4-5,9,14H,2-3,6-7H2,1H3. The molecule has 2 rings (SSSR count). The summed E-state index contributed by atoms with van der Waals surface area (Å²) < 4.78 is 5.51. The topological polar surface area (TPSA) is 97.6 Å². The number of nitrogens with zero attached hydrogens (tertiary/aromatic N) is 3. The number of morpholine rings is 1. The van der Waals surface area contributed by atoms with Gasteiger partial charge in [0.25, 0.3) is 11.6 Å². The number of hydrogen-bond acceptors (Lipinski definition) is 6. The third-order valence-electron chi connectivity index (χ3n) is 3.12. The van der Waals surface area contributed by atoms with Crippen LogP contribution in [-0.2, 0) is 4.74 Å². The first-order valence-corrected chi connectivity index (χ1v) is 6.76. The zero-order chi connectivity index (χ0) is 15.4. The number of ether oxygens (including phenoxy) is 1. The van der Waals surface area contributed by atoms with Crippen LogP contribution in [-0.4, -0.2) is 60.1 Å². The summed E-state index contributed by atoms with van der Waals surface area (Å²) in [6.45, 7) is 1.85. The Morgan fingerprint density at radius 3 is 3.14 bits per heavy atom. The molecule has 2 heterocycles. The van der Waals surface area contributed by atoms with Crippen LogP contribution < -0.4 is 5.32 Å². The second kappa shape index (κ2) is 6.79. The van der Waals surface area contributed by atoms with E-state index in [0.717, 1.165) is 12.3 Å². The highest BCUT2D eigenvalue weighted by molar-refractivity contribution is 6.32. The van der Waals surface area contributed by atoms with E-state index in [1.807, 2.05) is 0 Å². The van der Waals surface area contributed by atoms with Crippen molar-refractivity contribution in [1.29, 1.82) is 0 Å². The van der Waals surface area contributed by atoms with Gasteiger partial charge in [-0.3, -0.25) is 14.9 Å². The number of carbonyl (C=O) groups excluding carboxylic acids is 1. The molecule has 114 valence electrons. The van der Waals surface area contributed by atoms with Crippen molar-refractivity contribution < 1.29 is 14.5 Å². The minimum atomic E-state index is -0.608. The van der Waals surface area contributed by atoms with Crippen molar-refractivity contribution in [3.63, 3.8) is 0 Å². The lowest BCUT2D eigenvalue weighted by atomic mass is 10.2. The molecule has 1 atom stereocenters. The molecular weight excluding hydrogens is 300 g/mol. The Morgan fingerprint density at radius 2 is 2.48 bits per heavy atom. The van der Waals surface area contributed by atoms with Crippen LogP contribution in [0.1, 0.15) is 10.4 Å². The normalized spacial score (nSPS) is 18.6. The van der Waals surface area contributed by atoms with Crippen molar-refractivity contribution >= 4 is 23.2 Å². The zero-order valence-electron chi connectivity index (χ0n) is 11.4. The average molecular weight is 315 g/mol. The number of rotatable bonds is 4. The summed E-state index contributed by atoms with van der Waals surface area (Å²) in [7, 11) is 1.80. The third kappa shape index (κ3) is 3.66. The van der Waals surface area contributed by atoms with E-state index >= 15 is 0 Å². The van der Waals surface area contributed by atoms with Gasteiger partial charge in [0.05, 0.1) is 23.2 Å². The first-order chi connectivity index (χ1) is 10.0. The van der Waals surface area contributed by atoms with Gasteiger partial charge in [0.2, 0.25) is 0 Å². The molecule has 1 N–H and O–H groups in total. The van der Waals surface area contributed by atoms with E-state index in [0.29, 0.717) is 26.2 Å². The quantitative estimate of drug-likeness (QED) is 0.499. The van der Waals surface area contributed by atoms with Crippen molar-refractivity contribution in [2.45, 2.75) is 6.10 Å². The number of hydrogen-bond donors (Lipinski definition) is 1. The smallest absolute Gasteiger partial charge is 0.288 e. The van der Waals surface area contributed by atoms with Crippen molar-refractivity contribution in [1.82, 2.24) is 15.2 Å². The number of nitro groups is 1. The minimum Gasteiger partial charge on any atom is -0.373 e. The predicted octanol–water partition coefficient (Wildman–Crippen LogP) is 0.704. The number of halogens is 1. The molecule has 1 fully saturated rings. The van der Waals surface area contributed by atoms with Crippen LogP contribution in [0.5, 0.6) is 0 Å². The van der Waals surface area contributed by atoms with Crippen LogP contribution >= 0.6 is 11.6 Å². The highest BCUT2D eigenvalue weighted by atomic mass is 35.5. The summed E-state index contributed by atoms with van der Waals surface area (Å²) in [5, 5.41) is 13.7. The van der Waals surface area contributed by atoms with Crippen molar-refractivity contribution in [2.75, 3.05) is 33.3 Å². The summed E-state index contributed by atoms with van der Waals surface area (Å²) in [6.07, 6.45) is 0.917. The maximum atomic E-state index is 12.4. The van der Waals surface area contributed by atoms with E-state index in [2.05, 4.69) is 10.3 Å². The second-order valence-corrected chi connectivity index (χ2v) is 4.95. The van der Waals surface area contributed by atoms with Gasteiger partial charge in [0, 0.05) is 25.7 Å². The van der Waals surface area contributed by atoms with Gasteiger partial charge < -0.3 is 15.0 Å². The number of pyridine rings is 1. The molecular formula is C12H15ClN4O4. The molecule has 9 heteroatoms. The largest absolute Gasteiger partial charge is 0.373 e. The van der Waals surface area contributed by atoms with Crippen LogP contribution in [0.15, 0.2) is 12.3 Å². The Hall–Kier alpha value is -1.77. The molecule has 21 heavy (non-hydrogen) atoms. The Bertz CT molecular complexity index is 552. The van der Waals surface area contributed by atoms with Gasteiger partial charge in [0.1, 0.15) is 11.3 Å². The van der Waals surface area contributed by atoms with E-state index < -0.39 is 4.92 Å². The molecule has 1 aromatic heterocycles. The number of nitrogens with one attached hydrogen (secondary N) is 1. The maximum absolute atomic E-state index is 12.4. The van der Waals surface area contributed by atoms with Gasteiger partial charge in [-0.15, -0.1) is 0 Å². The van der Waals surface area contributed by atoms with E-state index in [9.17, 15) is 14.9 Å². The van der Waals surface area contributed by atoms with Crippen LogP contribution in [0.3, 0.4) is 0 Å². The molecule has 0 radical (unpaired) electrons. The summed E-state index contributed by atoms with van der Waals surface area (Å²) in [5.41, 5.74) is -0.223. The summed E-state index contributed by atoms with van der Waals surface area (Å²) in [6, 6.07) is 1.15. The highest BCUT2D eigenvalue weighted by Crippen LogP contribution is 2.21. The molecule has 8 nitrogen and oxygen atoms in total. The van der Waals surface area contributed by atoms with Gasteiger partial charge in [-0.05, 0) is 7.05 Å². The van der Waals surface area contributed by atoms with Crippen molar-refractivity contribution in [3.05, 3.63) is 33.1 Å². The fourth-order valence-electron chi connectivity index (χ4n) is 2.11. The van der Waals surface area contributed by atoms with Crippen LogP contribution in [0.25, 0.3) is 0 Å². The summed E-state index contributed by atoms with van der Waals surface area (Å²) in [5.74, 6) is -0.374. The first kappa shape index (κ1) is 15.6. The minimum absolute atomic E-state index is 0.0379. The molecule has 1 aromatic rings. The number of carbonyl (C=O) groups is 1. The molecule has 1 aliphatic heterocycles. The molecule has 1 amide bonds. The molecule has 0 spiro atoms. The van der Waals surface area contributed by atoms with Gasteiger partial charge in [0.15, 0.2) is 0 Å². The lowest BCUT2D eigenvalue weighted by Gasteiger charge is -2.33. The van der Waals surface area contributed by atoms with Gasteiger partial charge in [-0.25, -0.2) is 4.98 Å². The first-order valence-electron chi connectivity index (χ1n) is 6.38. The second-order valence-electron chi connectivity index (χ2n) is 4.59. The monoisotopic (exact) mass is 314 g/mol. The fourth-order valence-corrected chi connectivity index (χ4v) is 2.30. The Labute approximate surface area is 126 Å². The van der Waals surface area contributed by atoms with E-state index in [-0.39, 0.29) is 28.4 Å². The molecule has 0 bridgehead atoms. The van der Waals surface area contributed by atoms with Gasteiger partial charge >= 0.3 is 0 Å². The molecule has 1 saturated heterocycles. The van der Waals surface area contributed by atoms with Crippen molar-refractivity contribution in [3.8, 4) is 0 Å². The Balaban J connectivity index is 2.19. The highest BCUT2D eigenvalue weighted by Gasteiger charge is 2.27. The zero-order valence-corrected chi connectivity index (χ0v) is 12.2. The number of amides is 1. The Kier molecular flexibility index (Phi) is 5.05. The van der Waals surface area contributed by atoms with Crippen LogP contribution in [0.2, 0.25) is 5.15 Å². The molecule has 1 aliphatic rings. The van der Waals surface area contributed by atoms with Gasteiger partial charge in [-0.2, -0.15) is 0 Å². The lowest BCUT2D eigenvalue weighted by molar-refractivity contribution is -0.385. The molecule has 0 aliphatic carbocycles. The average Bonchev–Trinajstić information content (AvgIpc) is 2.47. The third-order valence-corrected chi connectivity index (χ3v) is 3.42. The number of likely N-dealkylation sites (N-methyl/N-ethyl adjacent to an activating group) is 1. The molecule has 1 unspecified atom stereocenters. The maximum Gasteiger partial charge on any atom is 0.288 e. The van der Waals surface area contributed by atoms with Crippen LogP contribution in [0.4, 0.5) is 5.69 Å². The lowest BCUT2D eigenvalue weighted by Crippen LogP contribution is -2.48. The van der Waals surface area contributed by atoms with E-state index in [1.165, 1.54) is 0 Å². The fraction of sp³-hybridized carbons (Fsp3) is 0.500. The Morgan fingerprint density at radius 1 is 1.71 bits per heavy atom. The predicted molar refractivity (Wildman–Crippen MR) is 75.5 cm³/mol. The SMILES string of the molecule is CNCC1CN(C(=O)c2cc([N+](=O)[O-])cnc2Cl)CCO1. The molecule has 0 aromatic carbocycles. The van der Waals surface area contributed by atoms with Crippen LogP contribution in [0, 0.1) is 10.1 Å². The van der Waals surface area contributed by atoms with E-state index in [1.54, 1.807) is 11.9 Å². The summed E-state index contributed by atoms with van der Waals surface area (Å²) in [4.78, 5) is 27.9. The van der Waals surface area contributed by atoms with Crippen molar-refractivity contribution in [2.24, 2.45) is 0 Å². The summed E-state index contributed by atoms with van der Waals surface area (Å²) >= 11 is 5.89. The van der Waals surface area contributed by atoms with Gasteiger partial charge in [-0.1, -0.05) is 11.6 Å².